The summed E-state index contributed by atoms with van der Waals surface area (Å²) in [7, 11) is 0. The van der Waals surface area contributed by atoms with Crippen molar-refractivity contribution in [1.29, 1.82) is 0 Å². The molecule has 6 heteroatoms. The van der Waals surface area contributed by atoms with Crippen LogP contribution in [0.4, 0.5) is 11.4 Å². The number of nitrogens with two attached hydrogens (primary N) is 2. The average molecular weight is 358 g/mol. The van der Waals surface area contributed by atoms with Crippen molar-refractivity contribution in [3.63, 3.8) is 0 Å². The van der Waals surface area contributed by atoms with Gasteiger partial charge in [0.2, 0.25) is 5.88 Å². The first kappa shape index (κ1) is 16.7. The number of hydrogen-bond donors (Lipinski definition) is 2. The fourth-order valence-electron chi connectivity index (χ4n) is 2.85. The van der Waals surface area contributed by atoms with Crippen LogP contribution >= 0.6 is 0 Å². The summed E-state index contributed by atoms with van der Waals surface area (Å²) in [5, 5.41) is 5.62. The minimum atomic E-state index is -0.226. The third kappa shape index (κ3) is 3.08. The van der Waals surface area contributed by atoms with Crippen LogP contribution in [0.15, 0.2) is 71.5 Å². The van der Waals surface area contributed by atoms with Gasteiger partial charge in [-0.1, -0.05) is 12.1 Å². The fourth-order valence-corrected chi connectivity index (χ4v) is 2.85. The first-order valence-corrected chi connectivity index (χ1v) is 8.45. The van der Waals surface area contributed by atoms with E-state index in [-0.39, 0.29) is 5.56 Å². The number of ether oxygens (including phenoxy) is 1. The van der Waals surface area contributed by atoms with Gasteiger partial charge in [0.1, 0.15) is 5.75 Å². The number of rotatable bonds is 3. The molecule has 0 radical (unpaired) electrons. The first-order valence-electron chi connectivity index (χ1n) is 8.45. The van der Waals surface area contributed by atoms with Crippen LogP contribution in [0, 0.1) is 6.92 Å². The van der Waals surface area contributed by atoms with Gasteiger partial charge in [0.25, 0.3) is 5.56 Å². The molecule has 0 aliphatic rings. The lowest BCUT2D eigenvalue weighted by Gasteiger charge is -2.12. The van der Waals surface area contributed by atoms with Gasteiger partial charge in [-0.25, -0.2) is 0 Å². The van der Waals surface area contributed by atoms with Crippen molar-refractivity contribution in [2.45, 2.75) is 6.92 Å². The lowest BCUT2D eigenvalue weighted by atomic mass is 10.2. The third-order valence-electron chi connectivity index (χ3n) is 4.36. The number of nitrogens with zero attached hydrogens (tertiary/aromatic N) is 2. The SMILES string of the molecule is Cc1cc(Oc2nn(-c3ccc(N)cc3)c(=O)c3ccccc23)ccc1N. The summed E-state index contributed by atoms with van der Waals surface area (Å²) >= 11 is 0. The van der Waals surface area contributed by atoms with E-state index in [9.17, 15) is 4.79 Å². The van der Waals surface area contributed by atoms with Crippen LogP contribution in [0.5, 0.6) is 11.6 Å². The number of anilines is 2. The van der Waals surface area contributed by atoms with E-state index in [1.165, 1.54) is 4.68 Å². The molecule has 3 aromatic carbocycles. The molecule has 0 saturated heterocycles. The van der Waals surface area contributed by atoms with Crippen molar-refractivity contribution in [2.75, 3.05) is 11.5 Å². The molecule has 0 saturated carbocycles. The Bertz CT molecular complexity index is 1200. The van der Waals surface area contributed by atoms with E-state index in [1.54, 1.807) is 42.5 Å². The second-order valence-electron chi connectivity index (χ2n) is 6.28. The summed E-state index contributed by atoms with van der Waals surface area (Å²) in [5.41, 5.74) is 14.2. The molecule has 0 spiro atoms. The third-order valence-corrected chi connectivity index (χ3v) is 4.36. The number of benzene rings is 3. The highest BCUT2D eigenvalue weighted by molar-refractivity contribution is 5.86. The van der Waals surface area contributed by atoms with Crippen molar-refractivity contribution >= 4 is 22.1 Å². The Balaban J connectivity index is 1.91. The highest BCUT2D eigenvalue weighted by atomic mass is 16.5. The molecule has 0 fully saturated rings. The molecule has 0 unspecified atom stereocenters. The fraction of sp³-hybridized carbons (Fsp3) is 0.0476. The van der Waals surface area contributed by atoms with Crippen molar-refractivity contribution < 1.29 is 4.74 Å². The van der Waals surface area contributed by atoms with Crippen molar-refractivity contribution in [3.05, 3.63) is 82.6 Å². The first-order chi connectivity index (χ1) is 13.0. The maximum Gasteiger partial charge on any atom is 0.279 e. The van der Waals surface area contributed by atoms with Gasteiger partial charge in [0, 0.05) is 11.4 Å². The van der Waals surface area contributed by atoms with Crippen LogP contribution in [0.3, 0.4) is 0 Å². The molecule has 1 heterocycles. The van der Waals surface area contributed by atoms with Gasteiger partial charge in [-0.2, -0.15) is 4.68 Å². The number of nitrogen functional groups attached to an aromatic ring is 2. The van der Waals surface area contributed by atoms with Gasteiger partial charge in [-0.3, -0.25) is 4.79 Å². The minimum Gasteiger partial charge on any atom is -0.437 e. The summed E-state index contributed by atoms with van der Waals surface area (Å²) in [6.45, 7) is 1.91. The summed E-state index contributed by atoms with van der Waals surface area (Å²) < 4.78 is 7.34. The molecule has 4 aromatic rings. The Kier molecular flexibility index (Phi) is 4.01. The van der Waals surface area contributed by atoms with Crippen LogP contribution in [-0.4, -0.2) is 9.78 Å². The van der Waals surface area contributed by atoms with Gasteiger partial charge in [0.15, 0.2) is 0 Å². The van der Waals surface area contributed by atoms with Gasteiger partial charge < -0.3 is 16.2 Å². The Labute approximate surface area is 155 Å². The van der Waals surface area contributed by atoms with Crippen LogP contribution in [0.1, 0.15) is 5.56 Å². The standard InChI is InChI=1S/C21H18N4O2/c1-13-12-16(10-11-19(13)23)27-20-17-4-2-3-5-18(17)21(26)25(24-20)15-8-6-14(22)7-9-15/h2-12H,22-23H2,1H3. The molecule has 0 atom stereocenters. The number of aromatic nitrogens is 2. The maximum absolute atomic E-state index is 12.9. The highest BCUT2D eigenvalue weighted by Crippen LogP contribution is 2.28. The zero-order valence-electron chi connectivity index (χ0n) is 14.7. The average Bonchev–Trinajstić information content (AvgIpc) is 2.68. The van der Waals surface area contributed by atoms with Crippen molar-refractivity contribution in [3.8, 4) is 17.3 Å². The Hall–Kier alpha value is -3.80. The molecule has 0 aliphatic heterocycles. The summed E-state index contributed by atoms with van der Waals surface area (Å²) in [6.07, 6.45) is 0. The van der Waals surface area contributed by atoms with Gasteiger partial charge >= 0.3 is 0 Å². The van der Waals surface area contributed by atoms with E-state index in [0.717, 1.165) is 5.56 Å². The van der Waals surface area contributed by atoms with Gasteiger partial charge in [-0.05, 0) is 67.1 Å². The van der Waals surface area contributed by atoms with E-state index in [4.69, 9.17) is 16.2 Å². The molecule has 0 bridgehead atoms. The Morgan fingerprint density at radius 1 is 0.926 bits per heavy atom. The van der Waals surface area contributed by atoms with E-state index in [0.29, 0.717) is 39.5 Å². The van der Waals surface area contributed by atoms with Gasteiger partial charge in [-0.15, -0.1) is 5.10 Å². The summed E-state index contributed by atoms with van der Waals surface area (Å²) in [5.74, 6) is 0.938. The molecule has 0 aliphatic carbocycles. The second-order valence-corrected chi connectivity index (χ2v) is 6.28. The van der Waals surface area contributed by atoms with E-state index >= 15 is 0 Å². The normalized spacial score (nSPS) is 10.9. The number of aryl methyl sites for hydroxylation is 1. The van der Waals surface area contributed by atoms with E-state index in [2.05, 4.69) is 5.10 Å². The monoisotopic (exact) mass is 358 g/mol. The molecule has 1 aromatic heterocycles. The van der Waals surface area contributed by atoms with Crippen LogP contribution in [0.2, 0.25) is 0 Å². The summed E-state index contributed by atoms with van der Waals surface area (Å²) in [6, 6.07) is 19.6. The number of fused-ring (bicyclic) bond motifs is 1. The molecule has 6 nitrogen and oxygen atoms in total. The number of hydrogen-bond acceptors (Lipinski definition) is 5. The quantitative estimate of drug-likeness (QED) is 0.545. The molecule has 27 heavy (non-hydrogen) atoms. The molecule has 134 valence electrons. The van der Waals surface area contributed by atoms with Crippen LogP contribution in [-0.2, 0) is 0 Å². The van der Waals surface area contributed by atoms with Gasteiger partial charge in [0.05, 0.1) is 16.5 Å². The largest absolute Gasteiger partial charge is 0.437 e. The predicted octanol–water partition coefficient (Wildman–Crippen LogP) is 3.65. The molecular weight excluding hydrogens is 340 g/mol. The molecular formula is C21H18N4O2. The zero-order chi connectivity index (χ0) is 19.0. The Morgan fingerprint density at radius 2 is 1.63 bits per heavy atom. The maximum atomic E-state index is 12.9. The van der Waals surface area contributed by atoms with E-state index < -0.39 is 0 Å². The lowest BCUT2D eigenvalue weighted by molar-refractivity contribution is 0.454. The highest BCUT2D eigenvalue weighted by Gasteiger charge is 2.13. The van der Waals surface area contributed by atoms with Crippen LogP contribution in [0.25, 0.3) is 16.5 Å². The molecule has 4 N–H and O–H groups in total. The molecule has 0 amide bonds. The zero-order valence-corrected chi connectivity index (χ0v) is 14.7. The van der Waals surface area contributed by atoms with Crippen molar-refractivity contribution in [1.82, 2.24) is 9.78 Å². The summed E-state index contributed by atoms with van der Waals surface area (Å²) in [4.78, 5) is 12.9. The lowest BCUT2D eigenvalue weighted by Crippen LogP contribution is -2.21. The molecule has 4 rings (SSSR count). The predicted molar refractivity (Wildman–Crippen MR) is 107 cm³/mol. The van der Waals surface area contributed by atoms with E-state index in [1.807, 2.05) is 31.2 Å². The Morgan fingerprint density at radius 3 is 2.33 bits per heavy atom. The van der Waals surface area contributed by atoms with Crippen molar-refractivity contribution in [2.24, 2.45) is 0 Å². The second kappa shape index (κ2) is 6.49. The smallest absolute Gasteiger partial charge is 0.279 e. The topological polar surface area (TPSA) is 96.2 Å². The minimum absolute atomic E-state index is 0.226. The van der Waals surface area contributed by atoms with Crippen LogP contribution < -0.4 is 21.8 Å².